The van der Waals surface area contributed by atoms with Gasteiger partial charge in [-0.2, -0.15) is 0 Å². The average molecular weight is 500 g/mol. The molecule has 0 saturated carbocycles. The maximum absolute atomic E-state index is 13.5. The zero-order valence-electron chi connectivity index (χ0n) is 19.3. The Morgan fingerprint density at radius 3 is 2.64 bits per heavy atom. The molecule has 0 aliphatic carbocycles. The normalized spacial score (nSPS) is 21.4. The maximum Gasteiger partial charge on any atom is 0.305 e. The first-order valence-corrected chi connectivity index (χ1v) is 11.2. The lowest BCUT2D eigenvalue weighted by Crippen LogP contribution is -2.62. The smallest absolute Gasteiger partial charge is 0.305 e. The lowest BCUT2D eigenvalue weighted by Gasteiger charge is -2.39. The second-order valence-electron chi connectivity index (χ2n) is 8.49. The number of amides is 4. The quantitative estimate of drug-likeness (QED) is 0.423. The van der Waals surface area contributed by atoms with Crippen molar-refractivity contribution in [1.29, 1.82) is 0 Å². The van der Waals surface area contributed by atoms with Crippen LogP contribution >= 0.6 is 0 Å². The number of hydrogen-bond donors (Lipinski definition) is 3. The van der Waals surface area contributed by atoms with Crippen molar-refractivity contribution in [3.05, 3.63) is 35.5 Å². The molecule has 1 aromatic carbocycles. The predicted octanol–water partition coefficient (Wildman–Crippen LogP) is -0.367. The Bertz CT molecular complexity index is 1160. The number of hydrazine groups is 1. The summed E-state index contributed by atoms with van der Waals surface area (Å²) in [4.78, 5) is 74.4. The molecule has 36 heavy (non-hydrogen) atoms. The molecule has 1 aromatic rings. The topological polar surface area (TPSA) is 172 Å². The van der Waals surface area contributed by atoms with Crippen molar-refractivity contribution in [3.63, 3.8) is 0 Å². The van der Waals surface area contributed by atoms with Gasteiger partial charge in [0.25, 0.3) is 11.8 Å². The van der Waals surface area contributed by atoms with E-state index in [4.69, 9.17) is 14.6 Å². The molecule has 0 radical (unpaired) electrons. The van der Waals surface area contributed by atoms with E-state index in [0.717, 1.165) is 10.0 Å². The fraction of sp³-hybridized carbons (Fsp3) is 0.391. The highest BCUT2D eigenvalue weighted by atomic mass is 16.7. The SMILES string of the molecule is Cc1cc2c(cc1C(=O)N[C@H]1CCC(=O)N3C=CC[C@@H](C(=O)N[C@H](C=O)CC(=O)O)N3C1=O)OCO2. The molecule has 3 atom stereocenters. The van der Waals surface area contributed by atoms with Gasteiger partial charge < -0.3 is 30.0 Å². The van der Waals surface area contributed by atoms with E-state index >= 15 is 0 Å². The fourth-order valence-corrected chi connectivity index (χ4v) is 4.22. The molecule has 3 aliphatic rings. The second-order valence-corrected chi connectivity index (χ2v) is 8.49. The number of carbonyl (C=O) groups excluding carboxylic acids is 5. The fourth-order valence-electron chi connectivity index (χ4n) is 4.22. The van der Waals surface area contributed by atoms with Gasteiger partial charge >= 0.3 is 5.97 Å². The molecule has 190 valence electrons. The van der Waals surface area contributed by atoms with E-state index in [0.29, 0.717) is 17.1 Å². The molecule has 4 amide bonds. The third-order valence-electron chi connectivity index (χ3n) is 6.02. The van der Waals surface area contributed by atoms with Crippen molar-refractivity contribution in [1.82, 2.24) is 20.7 Å². The van der Waals surface area contributed by atoms with Crippen molar-refractivity contribution in [3.8, 4) is 11.5 Å². The number of rotatable bonds is 7. The number of ether oxygens (including phenoxy) is 2. The van der Waals surface area contributed by atoms with Gasteiger partial charge in [-0.1, -0.05) is 6.08 Å². The van der Waals surface area contributed by atoms with Gasteiger partial charge in [-0.25, -0.2) is 10.0 Å². The third-order valence-corrected chi connectivity index (χ3v) is 6.02. The summed E-state index contributed by atoms with van der Waals surface area (Å²) in [5.74, 6) is -2.93. The molecule has 1 fully saturated rings. The van der Waals surface area contributed by atoms with Crippen LogP contribution < -0.4 is 20.1 Å². The van der Waals surface area contributed by atoms with Crippen LogP contribution in [0.5, 0.6) is 11.5 Å². The molecule has 1 saturated heterocycles. The van der Waals surface area contributed by atoms with Crippen molar-refractivity contribution in [2.45, 2.75) is 50.7 Å². The van der Waals surface area contributed by atoms with Crippen molar-refractivity contribution >= 4 is 35.9 Å². The van der Waals surface area contributed by atoms with Crippen LogP contribution in [0.4, 0.5) is 0 Å². The van der Waals surface area contributed by atoms with Gasteiger partial charge in [0.15, 0.2) is 11.5 Å². The van der Waals surface area contributed by atoms with E-state index in [9.17, 15) is 28.8 Å². The van der Waals surface area contributed by atoms with Gasteiger partial charge in [0.05, 0.1) is 12.5 Å². The maximum atomic E-state index is 13.5. The molecule has 3 heterocycles. The van der Waals surface area contributed by atoms with Crippen molar-refractivity contribution < 1.29 is 43.3 Å². The number of carboxylic acids is 1. The highest BCUT2D eigenvalue weighted by molar-refractivity contribution is 6.01. The lowest BCUT2D eigenvalue weighted by molar-refractivity contribution is -0.166. The van der Waals surface area contributed by atoms with Crippen molar-refractivity contribution in [2.75, 3.05) is 6.79 Å². The summed E-state index contributed by atoms with van der Waals surface area (Å²) in [5.41, 5.74) is 0.849. The van der Waals surface area contributed by atoms with Gasteiger partial charge in [-0.3, -0.25) is 24.0 Å². The van der Waals surface area contributed by atoms with E-state index in [1.165, 1.54) is 18.3 Å². The molecule has 4 rings (SSSR count). The van der Waals surface area contributed by atoms with E-state index in [1.54, 1.807) is 13.0 Å². The number of carbonyl (C=O) groups is 6. The molecule has 3 N–H and O–H groups in total. The molecule has 13 heteroatoms. The number of aryl methyl sites for hydroxylation is 1. The van der Waals surface area contributed by atoms with E-state index in [2.05, 4.69) is 10.6 Å². The minimum atomic E-state index is -1.31. The monoisotopic (exact) mass is 500 g/mol. The van der Waals surface area contributed by atoms with Crippen LogP contribution in [0.15, 0.2) is 24.4 Å². The van der Waals surface area contributed by atoms with E-state index < -0.39 is 54.1 Å². The number of benzene rings is 1. The average Bonchev–Trinajstić information content (AvgIpc) is 3.26. The minimum Gasteiger partial charge on any atom is -0.481 e. The van der Waals surface area contributed by atoms with Crippen LogP contribution in [0, 0.1) is 6.92 Å². The Hall–Kier alpha value is -4.42. The van der Waals surface area contributed by atoms with Gasteiger partial charge in [-0.15, -0.1) is 0 Å². The third kappa shape index (κ3) is 4.85. The van der Waals surface area contributed by atoms with Gasteiger partial charge in [0.1, 0.15) is 18.4 Å². The van der Waals surface area contributed by atoms with Crippen molar-refractivity contribution in [2.24, 2.45) is 0 Å². The molecular weight excluding hydrogens is 476 g/mol. The van der Waals surface area contributed by atoms with Crippen LogP contribution in [0.3, 0.4) is 0 Å². The molecule has 0 unspecified atom stereocenters. The summed E-state index contributed by atoms with van der Waals surface area (Å²) in [7, 11) is 0. The summed E-state index contributed by atoms with van der Waals surface area (Å²) in [6.07, 6.45) is 2.47. The number of aliphatic carboxylic acids is 1. The number of hydrogen-bond acceptors (Lipinski definition) is 8. The number of nitrogens with one attached hydrogen (secondary N) is 2. The first-order chi connectivity index (χ1) is 17.2. The Morgan fingerprint density at radius 1 is 1.22 bits per heavy atom. The Morgan fingerprint density at radius 2 is 1.94 bits per heavy atom. The highest BCUT2D eigenvalue weighted by Crippen LogP contribution is 2.34. The Labute approximate surface area is 205 Å². The summed E-state index contributed by atoms with van der Waals surface area (Å²) < 4.78 is 10.6. The number of carboxylic acid groups (broad SMARTS) is 1. The molecule has 3 aliphatic heterocycles. The molecule has 0 spiro atoms. The standard InChI is InChI=1S/C23H24N4O9/c1-12-7-17-18(36-11-35-17)9-14(12)21(32)25-15-4-5-19(29)26-6-2-3-16(27(26)23(15)34)22(33)24-13(10-28)8-20(30)31/h2,6-7,9-10,13,15-16H,3-5,8,11H2,1H3,(H,24,33)(H,25,32)(H,30,31)/t13-,15-,16-/m0/s1. The summed E-state index contributed by atoms with van der Waals surface area (Å²) in [5, 5.41) is 15.8. The number of nitrogens with zero attached hydrogens (tertiary/aromatic N) is 2. The zero-order valence-corrected chi connectivity index (χ0v) is 19.3. The molecule has 13 nitrogen and oxygen atoms in total. The zero-order chi connectivity index (χ0) is 26.0. The Kier molecular flexibility index (Phi) is 6.90. The Balaban J connectivity index is 1.55. The van der Waals surface area contributed by atoms with Crippen LogP contribution in [-0.4, -0.2) is 75.9 Å². The van der Waals surface area contributed by atoms with Crippen LogP contribution in [0.2, 0.25) is 0 Å². The van der Waals surface area contributed by atoms with E-state index in [-0.39, 0.29) is 37.9 Å². The summed E-state index contributed by atoms with van der Waals surface area (Å²) in [6, 6.07) is -0.510. The first kappa shape index (κ1) is 24.7. The van der Waals surface area contributed by atoms with Crippen LogP contribution in [-0.2, 0) is 24.0 Å². The highest BCUT2D eigenvalue weighted by Gasteiger charge is 2.43. The van der Waals surface area contributed by atoms with Crippen LogP contribution in [0.25, 0.3) is 0 Å². The number of aldehydes is 1. The van der Waals surface area contributed by atoms with E-state index in [1.807, 2.05) is 0 Å². The molecule has 0 aromatic heterocycles. The number of fused-ring (bicyclic) bond motifs is 2. The predicted molar refractivity (Wildman–Crippen MR) is 119 cm³/mol. The summed E-state index contributed by atoms with van der Waals surface area (Å²) >= 11 is 0. The molecule has 0 bridgehead atoms. The lowest BCUT2D eigenvalue weighted by atomic mass is 10.0. The summed E-state index contributed by atoms with van der Waals surface area (Å²) in [6.45, 7) is 1.73. The van der Waals surface area contributed by atoms with Gasteiger partial charge in [-0.05, 0) is 37.5 Å². The van der Waals surface area contributed by atoms with Gasteiger partial charge in [0, 0.05) is 18.2 Å². The largest absolute Gasteiger partial charge is 0.481 e. The first-order valence-electron chi connectivity index (χ1n) is 11.2. The van der Waals surface area contributed by atoms with Crippen LogP contribution in [0.1, 0.15) is 41.6 Å². The molecular formula is C23H24N4O9. The minimum absolute atomic E-state index is 0.00182. The second kappa shape index (κ2) is 10.1. The van der Waals surface area contributed by atoms with Gasteiger partial charge in [0.2, 0.25) is 18.6 Å².